The molecule has 1 aliphatic rings. The molecule has 1 heteroatoms. The van der Waals surface area contributed by atoms with Crippen LogP contribution in [0, 0.1) is 5.92 Å². The van der Waals surface area contributed by atoms with Crippen molar-refractivity contribution in [2.24, 2.45) is 5.92 Å². The summed E-state index contributed by atoms with van der Waals surface area (Å²) in [6.07, 6.45) is 1.73. The summed E-state index contributed by atoms with van der Waals surface area (Å²) < 4.78 is 0. The molecule has 1 nitrogen and oxygen atoms in total. The van der Waals surface area contributed by atoms with Gasteiger partial charge in [0.2, 0.25) is 0 Å². The molecule has 1 aliphatic carbocycles. The Labute approximate surface area is 95.7 Å². The lowest BCUT2D eigenvalue weighted by Crippen LogP contribution is -2.13. The van der Waals surface area contributed by atoms with Gasteiger partial charge in [0.25, 0.3) is 0 Å². The first-order valence-corrected chi connectivity index (χ1v) is 5.87. The summed E-state index contributed by atoms with van der Waals surface area (Å²) in [7, 11) is 0. The Balaban J connectivity index is 1.94. The van der Waals surface area contributed by atoms with Crippen LogP contribution in [0.4, 0.5) is 0 Å². The van der Waals surface area contributed by atoms with E-state index in [-0.39, 0.29) is 0 Å². The molecule has 0 bridgehead atoms. The third-order valence-electron chi connectivity index (χ3n) is 3.74. The second-order valence-corrected chi connectivity index (χ2v) is 5.07. The minimum Gasteiger partial charge on any atom is -0.389 e. The maximum Gasteiger partial charge on any atom is 0.0718 e. The van der Waals surface area contributed by atoms with Crippen molar-refractivity contribution >= 4 is 10.8 Å². The summed E-state index contributed by atoms with van der Waals surface area (Å²) in [6.45, 7) is 2.11. The van der Waals surface area contributed by atoms with Crippen molar-refractivity contribution in [3.63, 3.8) is 0 Å². The van der Waals surface area contributed by atoms with Crippen LogP contribution in [0.25, 0.3) is 10.8 Å². The van der Waals surface area contributed by atoms with E-state index < -0.39 is 5.60 Å². The summed E-state index contributed by atoms with van der Waals surface area (Å²) >= 11 is 0. The summed E-state index contributed by atoms with van der Waals surface area (Å²) in [5, 5.41) is 12.6. The molecule has 1 fully saturated rings. The van der Waals surface area contributed by atoms with Crippen molar-refractivity contribution in [3.8, 4) is 0 Å². The van der Waals surface area contributed by atoms with Crippen molar-refractivity contribution in [3.05, 3.63) is 48.0 Å². The molecule has 3 rings (SSSR count). The molecule has 1 N–H and O–H groups in total. The molecule has 0 aromatic heterocycles. The Morgan fingerprint density at radius 1 is 1.19 bits per heavy atom. The lowest BCUT2D eigenvalue weighted by molar-refractivity contribution is 0.135. The molecule has 0 saturated heterocycles. The number of aliphatic hydroxyl groups is 1. The van der Waals surface area contributed by atoms with Crippen LogP contribution in [0.3, 0.4) is 0 Å². The van der Waals surface area contributed by atoms with E-state index >= 15 is 0 Å². The first-order valence-electron chi connectivity index (χ1n) is 5.87. The van der Waals surface area contributed by atoms with Gasteiger partial charge in [0, 0.05) is 6.42 Å². The first-order chi connectivity index (χ1) is 7.67. The molecule has 82 valence electrons. The van der Waals surface area contributed by atoms with Crippen LogP contribution in [0.1, 0.15) is 18.9 Å². The zero-order chi connectivity index (χ0) is 11.2. The minimum atomic E-state index is -0.428. The van der Waals surface area contributed by atoms with E-state index in [4.69, 9.17) is 0 Å². The lowest BCUT2D eigenvalue weighted by atomic mass is 10.0. The van der Waals surface area contributed by atoms with Crippen LogP contribution in [0.15, 0.2) is 42.5 Å². The van der Waals surface area contributed by atoms with E-state index in [1.807, 2.05) is 0 Å². The van der Waals surface area contributed by atoms with Gasteiger partial charge in [-0.25, -0.2) is 0 Å². The molecule has 2 unspecified atom stereocenters. The zero-order valence-corrected chi connectivity index (χ0v) is 9.48. The molecule has 0 aliphatic heterocycles. The molecule has 0 heterocycles. The largest absolute Gasteiger partial charge is 0.389 e. The minimum absolute atomic E-state index is 0.428. The molecule has 2 atom stereocenters. The first kappa shape index (κ1) is 9.86. The standard InChI is InChI=1S/C15H16O/c1-11-9-15(11,16)10-12-6-7-13-4-2-3-5-14(13)8-12/h2-8,11,16H,9-10H2,1H3. The van der Waals surface area contributed by atoms with Gasteiger partial charge < -0.3 is 5.11 Å². The van der Waals surface area contributed by atoms with Crippen LogP contribution >= 0.6 is 0 Å². The normalized spacial score (nSPS) is 28.2. The summed E-state index contributed by atoms with van der Waals surface area (Å²) in [5.74, 6) is 0.457. The van der Waals surface area contributed by atoms with Crippen molar-refractivity contribution in [2.45, 2.75) is 25.4 Å². The second-order valence-electron chi connectivity index (χ2n) is 5.07. The molecule has 2 aromatic carbocycles. The van der Waals surface area contributed by atoms with E-state index in [2.05, 4.69) is 49.4 Å². The number of hydrogen-bond acceptors (Lipinski definition) is 1. The number of fused-ring (bicyclic) bond motifs is 1. The van der Waals surface area contributed by atoms with E-state index in [1.54, 1.807) is 0 Å². The van der Waals surface area contributed by atoms with Crippen LogP contribution in [-0.4, -0.2) is 10.7 Å². The maximum atomic E-state index is 10.1. The van der Waals surface area contributed by atoms with E-state index in [0.29, 0.717) is 5.92 Å². The van der Waals surface area contributed by atoms with E-state index in [0.717, 1.165) is 12.8 Å². The maximum absolute atomic E-state index is 10.1. The lowest BCUT2D eigenvalue weighted by Gasteiger charge is -2.09. The predicted molar refractivity (Wildman–Crippen MR) is 66.4 cm³/mol. The number of benzene rings is 2. The molecule has 16 heavy (non-hydrogen) atoms. The highest BCUT2D eigenvalue weighted by Gasteiger charge is 2.49. The van der Waals surface area contributed by atoms with Gasteiger partial charge in [-0.2, -0.15) is 0 Å². The van der Waals surface area contributed by atoms with Crippen LogP contribution < -0.4 is 0 Å². The monoisotopic (exact) mass is 212 g/mol. The Bertz CT molecular complexity index is 532. The van der Waals surface area contributed by atoms with Crippen molar-refractivity contribution in [1.82, 2.24) is 0 Å². The zero-order valence-electron chi connectivity index (χ0n) is 9.48. The molecule has 2 aromatic rings. The Morgan fingerprint density at radius 2 is 1.88 bits per heavy atom. The average molecular weight is 212 g/mol. The van der Waals surface area contributed by atoms with Crippen molar-refractivity contribution in [2.75, 3.05) is 0 Å². The average Bonchev–Trinajstić information content (AvgIpc) is 2.86. The van der Waals surface area contributed by atoms with Gasteiger partial charge in [-0.1, -0.05) is 49.4 Å². The van der Waals surface area contributed by atoms with Gasteiger partial charge in [-0.3, -0.25) is 0 Å². The fourth-order valence-electron chi connectivity index (χ4n) is 2.42. The highest BCUT2D eigenvalue weighted by Crippen LogP contribution is 2.45. The Morgan fingerprint density at radius 3 is 2.56 bits per heavy atom. The number of hydrogen-bond donors (Lipinski definition) is 1. The number of rotatable bonds is 2. The van der Waals surface area contributed by atoms with Crippen molar-refractivity contribution < 1.29 is 5.11 Å². The van der Waals surface area contributed by atoms with Gasteiger partial charge in [0.1, 0.15) is 0 Å². The van der Waals surface area contributed by atoms with E-state index in [9.17, 15) is 5.11 Å². The van der Waals surface area contributed by atoms with Crippen molar-refractivity contribution in [1.29, 1.82) is 0 Å². The van der Waals surface area contributed by atoms with E-state index in [1.165, 1.54) is 16.3 Å². The quantitative estimate of drug-likeness (QED) is 0.810. The highest BCUT2D eigenvalue weighted by atomic mass is 16.3. The summed E-state index contributed by atoms with van der Waals surface area (Å²) in [5.41, 5.74) is 0.813. The fourth-order valence-corrected chi connectivity index (χ4v) is 2.42. The summed E-state index contributed by atoms with van der Waals surface area (Å²) in [4.78, 5) is 0. The second kappa shape index (κ2) is 3.33. The third-order valence-corrected chi connectivity index (χ3v) is 3.74. The topological polar surface area (TPSA) is 20.2 Å². The molecule has 0 spiro atoms. The molecular weight excluding hydrogens is 196 g/mol. The molecule has 0 amide bonds. The van der Waals surface area contributed by atoms with Gasteiger partial charge in [0.15, 0.2) is 0 Å². The summed E-state index contributed by atoms with van der Waals surface area (Å²) in [6, 6.07) is 14.8. The van der Waals surface area contributed by atoms with Crippen LogP contribution in [0.2, 0.25) is 0 Å². The Kier molecular flexibility index (Phi) is 2.05. The predicted octanol–water partition coefficient (Wildman–Crippen LogP) is 3.15. The molecule has 1 saturated carbocycles. The molecular formula is C15H16O. The van der Waals surface area contributed by atoms with Gasteiger partial charge in [-0.15, -0.1) is 0 Å². The third kappa shape index (κ3) is 1.61. The highest BCUT2D eigenvalue weighted by molar-refractivity contribution is 5.83. The molecule has 0 radical (unpaired) electrons. The van der Waals surface area contributed by atoms with Gasteiger partial charge >= 0.3 is 0 Å². The van der Waals surface area contributed by atoms with Crippen LogP contribution in [0.5, 0.6) is 0 Å². The Hall–Kier alpha value is -1.34. The van der Waals surface area contributed by atoms with Crippen LogP contribution in [-0.2, 0) is 6.42 Å². The SMILES string of the molecule is CC1CC1(O)Cc1ccc2ccccc2c1. The van der Waals surface area contributed by atoms with Gasteiger partial charge in [-0.05, 0) is 28.7 Å². The van der Waals surface area contributed by atoms with Gasteiger partial charge in [0.05, 0.1) is 5.60 Å². The smallest absolute Gasteiger partial charge is 0.0718 e. The fraction of sp³-hybridized carbons (Fsp3) is 0.333.